The first-order valence-corrected chi connectivity index (χ1v) is 7.57. The zero-order valence-electron chi connectivity index (χ0n) is 12.4. The van der Waals surface area contributed by atoms with Crippen molar-refractivity contribution in [3.63, 3.8) is 0 Å². The molecule has 4 heteroatoms. The maximum Gasteiger partial charge on any atom is 0.227 e. The second kappa shape index (κ2) is 6.15. The molecule has 0 radical (unpaired) electrons. The second-order valence-corrected chi connectivity index (χ2v) is 6.67. The van der Waals surface area contributed by atoms with Crippen LogP contribution in [0.3, 0.4) is 0 Å². The average Bonchev–Trinajstić information content (AvgIpc) is 2.85. The molecule has 1 amide bonds. The Morgan fingerprint density at radius 3 is 2.50 bits per heavy atom. The predicted octanol–water partition coefficient (Wildman–Crippen LogP) is 3.15. The number of amides is 1. The van der Waals surface area contributed by atoms with Crippen LogP contribution in [0.1, 0.15) is 38.8 Å². The standard InChI is InChI=1S/C16H23ClN2O/c1-11(2)14(12-4-6-13(17)7-5-12)19-15(20)16(3)8-9-18-10-16/h4-7,11,14,18H,8-10H2,1-3H3,(H,19,20). The molecule has 2 N–H and O–H groups in total. The van der Waals surface area contributed by atoms with Gasteiger partial charge in [-0.2, -0.15) is 0 Å². The Bertz CT molecular complexity index is 464. The smallest absolute Gasteiger partial charge is 0.227 e. The Morgan fingerprint density at radius 1 is 1.35 bits per heavy atom. The summed E-state index contributed by atoms with van der Waals surface area (Å²) in [5.41, 5.74) is 0.812. The summed E-state index contributed by atoms with van der Waals surface area (Å²) in [6.45, 7) is 7.94. The van der Waals surface area contributed by atoms with Gasteiger partial charge in [-0.3, -0.25) is 4.79 Å². The minimum Gasteiger partial charge on any atom is -0.349 e. The molecule has 1 fully saturated rings. The van der Waals surface area contributed by atoms with E-state index in [1.165, 1.54) is 0 Å². The molecule has 1 saturated heterocycles. The summed E-state index contributed by atoms with van der Waals surface area (Å²) in [7, 11) is 0. The fraction of sp³-hybridized carbons (Fsp3) is 0.562. The van der Waals surface area contributed by atoms with Crippen LogP contribution in [0.2, 0.25) is 5.02 Å². The number of carbonyl (C=O) groups is 1. The van der Waals surface area contributed by atoms with Gasteiger partial charge in [-0.1, -0.05) is 37.6 Å². The first-order chi connectivity index (χ1) is 9.42. The van der Waals surface area contributed by atoms with E-state index in [-0.39, 0.29) is 17.4 Å². The molecule has 0 saturated carbocycles. The van der Waals surface area contributed by atoms with E-state index in [0.717, 1.165) is 30.1 Å². The molecule has 0 aromatic heterocycles. The molecule has 0 spiro atoms. The second-order valence-electron chi connectivity index (χ2n) is 6.23. The van der Waals surface area contributed by atoms with Gasteiger partial charge in [0.15, 0.2) is 0 Å². The fourth-order valence-corrected chi connectivity index (χ4v) is 2.76. The van der Waals surface area contributed by atoms with Gasteiger partial charge < -0.3 is 10.6 Å². The van der Waals surface area contributed by atoms with E-state index in [9.17, 15) is 4.79 Å². The normalized spacial score (nSPS) is 23.9. The monoisotopic (exact) mass is 294 g/mol. The van der Waals surface area contributed by atoms with Crippen molar-refractivity contribution in [2.45, 2.75) is 33.2 Å². The van der Waals surface area contributed by atoms with Crippen LogP contribution >= 0.6 is 11.6 Å². The van der Waals surface area contributed by atoms with Gasteiger partial charge in [0.25, 0.3) is 0 Å². The minimum atomic E-state index is -0.292. The summed E-state index contributed by atoms with van der Waals surface area (Å²) in [6, 6.07) is 7.75. The number of nitrogens with one attached hydrogen (secondary N) is 2. The Hall–Kier alpha value is -1.06. The number of hydrogen-bond donors (Lipinski definition) is 2. The molecule has 1 aliphatic rings. The summed E-state index contributed by atoms with van der Waals surface area (Å²) in [6.07, 6.45) is 0.893. The van der Waals surface area contributed by atoms with E-state index in [4.69, 9.17) is 11.6 Å². The molecule has 2 rings (SSSR count). The molecule has 2 unspecified atom stereocenters. The summed E-state index contributed by atoms with van der Waals surface area (Å²) in [5, 5.41) is 7.19. The summed E-state index contributed by atoms with van der Waals surface area (Å²) in [5.74, 6) is 0.467. The summed E-state index contributed by atoms with van der Waals surface area (Å²) < 4.78 is 0. The Balaban J connectivity index is 2.13. The number of halogens is 1. The molecule has 1 heterocycles. The van der Waals surface area contributed by atoms with E-state index in [1.807, 2.05) is 31.2 Å². The van der Waals surface area contributed by atoms with Crippen molar-refractivity contribution < 1.29 is 4.79 Å². The lowest BCUT2D eigenvalue weighted by Gasteiger charge is -2.29. The summed E-state index contributed by atoms with van der Waals surface area (Å²) >= 11 is 5.93. The average molecular weight is 295 g/mol. The van der Waals surface area contributed by atoms with Crippen LogP contribution < -0.4 is 10.6 Å². The van der Waals surface area contributed by atoms with Crippen LogP contribution in [0.25, 0.3) is 0 Å². The largest absolute Gasteiger partial charge is 0.349 e. The molecule has 2 atom stereocenters. The quantitative estimate of drug-likeness (QED) is 0.896. The van der Waals surface area contributed by atoms with Gasteiger partial charge in [-0.25, -0.2) is 0 Å². The summed E-state index contributed by atoms with van der Waals surface area (Å²) in [4.78, 5) is 12.5. The Labute approximate surface area is 126 Å². The zero-order chi connectivity index (χ0) is 14.8. The molecule has 0 bridgehead atoms. The number of hydrogen-bond acceptors (Lipinski definition) is 2. The molecule has 0 aliphatic carbocycles. The lowest BCUT2D eigenvalue weighted by molar-refractivity contribution is -0.130. The van der Waals surface area contributed by atoms with Crippen LogP contribution in [0.15, 0.2) is 24.3 Å². The third kappa shape index (κ3) is 3.33. The molecule has 1 aliphatic heterocycles. The van der Waals surface area contributed by atoms with Crippen molar-refractivity contribution in [1.82, 2.24) is 10.6 Å². The van der Waals surface area contributed by atoms with E-state index < -0.39 is 0 Å². The highest BCUT2D eigenvalue weighted by molar-refractivity contribution is 6.30. The van der Waals surface area contributed by atoms with Crippen LogP contribution in [-0.2, 0) is 4.79 Å². The third-order valence-electron chi connectivity index (χ3n) is 4.10. The van der Waals surface area contributed by atoms with Crippen molar-refractivity contribution in [2.24, 2.45) is 11.3 Å². The zero-order valence-corrected chi connectivity index (χ0v) is 13.1. The van der Waals surface area contributed by atoms with E-state index in [1.54, 1.807) is 0 Å². The van der Waals surface area contributed by atoms with E-state index >= 15 is 0 Å². The Kier molecular flexibility index (Phi) is 4.71. The highest BCUT2D eigenvalue weighted by Gasteiger charge is 2.37. The Morgan fingerprint density at radius 2 is 2.00 bits per heavy atom. The van der Waals surface area contributed by atoms with Gasteiger partial charge >= 0.3 is 0 Å². The molecule has 1 aromatic carbocycles. The van der Waals surface area contributed by atoms with Gasteiger partial charge in [0.2, 0.25) is 5.91 Å². The van der Waals surface area contributed by atoms with Gasteiger partial charge in [0, 0.05) is 11.6 Å². The number of carbonyl (C=O) groups excluding carboxylic acids is 1. The van der Waals surface area contributed by atoms with E-state index in [0.29, 0.717) is 5.92 Å². The van der Waals surface area contributed by atoms with Crippen molar-refractivity contribution in [3.05, 3.63) is 34.9 Å². The number of benzene rings is 1. The maximum absolute atomic E-state index is 12.5. The molecule has 110 valence electrons. The molecule has 1 aromatic rings. The highest BCUT2D eigenvalue weighted by atomic mass is 35.5. The molecular formula is C16H23ClN2O. The van der Waals surface area contributed by atoms with Crippen LogP contribution in [0.5, 0.6) is 0 Å². The fourth-order valence-electron chi connectivity index (χ4n) is 2.63. The number of rotatable bonds is 4. The molecule has 20 heavy (non-hydrogen) atoms. The van der Waals surface area contributed by atoms with Crippen molar-refractivity contribution in [2.75, 3.05) is 13.1 Å². The molecular weight excluding hydrogens is 272 g/mol. The third-order valence-corrected chi connectivity index (χ3v) is 4.35. The lowest BCUT2D eigenvalue weighted by Crippen LogP contribution is -2.43. The van der Waals surface area contributed by atoms with Gasteiger partial charge in [-0.05, 0) is 43.5 Å². The van der Waals surface area contributed by atoms with Crippen molar-refractivity contribution >= 4 is 17.5 Å². The SMILES string of the molecule is CC(C)C(NC(=O)C1(C)CCNC1)c1ccc(Cl)cc1. The van der Waals surface area contributed by atoms with E-state index in [2.05, 4.69) is 24.5 Å². The highest BCUT2D eigenvalue weighted by Crippen LogP contribution is 2.28. The van der Waals surface area contributed by atoms with Gasteiger partial charge in [-0.15, -0.1) is 0 Å². The van der Waals surface area contributed by atoms with Crippen LogP contribution in [0.4, 0.5) is 0 Å². The van der Waals surface area contributed by atoms with Crippen molar-refractivity contribution in [1.29, 1.82) is 0 Å². The first kappa shape index (κ1) is 15.3. The van der Waals surface area contributed by atoms with Gasteiger partial charge in [0.05, 0.1) is 11.5 Å². The van der Waals surface area contributed by atoms with Crippen molar-refractivity contribution in [3.8, 4) is 0 Å². The van der Waals surface area contributed by atoms with Crippen LogP contribution in [-0.4, -0.2) is 19.0 Å². The topological polar surface area (TPSA) is 41.1 Å². The first-order valence-electron chi connectivity index (χ1n) is 7.19. The maximum atomic E-state index is 12.5. The molecule has 3 nitrogen and oxygen atoms in total. The predicted molar refractivity (Wildman–Crippen MR) is 82.8 cm³/mol. The lowest BCUT2D eigenvalue weighted by atomic mass is 9.87. The van der Waals surface area contributed by atoms with Gasteiger partial charge in [0.1, 0.15) is 0 Å². The minimum absolute atomic E-state index is 0.0252. The van der Waals surface area contributed by atoms with Crippen LogP contribution in [0, 0.1) is 11.3 Å².